The van der Waals surface area contributed by atoms with Crippen molar-refractivity contribution in [2.45, 2.75) is 328 Å². The Morgan fingerprint density at radius 3 is 1.08 bits per heavy atom. The van der Waals surface area contributed by atoms with Crippen LogP contribution < -0.4 is 5.32 Å². The van der Waals surface area contributed by atoms with Crippen LogP contribution in [0, 0.1) is 0 Å². The molecule has 0 aromatic rings. The second-order valence-electron chi connectivity index (χ2n) is 25.2. The van der Waals surface area contributed by atoms with E-state index in [0.29, 0.717) is 17.4 Å². The van der Waals surface area contributed by atoms with Crippen molar-refractivity contribution in [2.75, 3.05) is 40.9 Å². The van der Waals surface area contributed by atoms with Crippen LogP contribution in [0.1, 0.15) is 316 Å². The van der Waals surface area contributed by atoms with Gasteiger partial charge in [-0.25, -0.2) is 4.57 Å². The lowest BCUT2D eigenvalue weighted by molar-refractivity contribution is -0.870. The molecule has 0 aromatic carbocycles. The van der Waals surface area contributed by atoms with Crippen LogP contribution in [0.2, 0.25) is 0 Å². The summed E-state index contributed by atoms with van der Waals surface area (Å²) in [6.45, 7) is 4.70. The minimum atomic E-state index is -4.37. The summed E-state index contributed by atoms with van der Waals surface area (Å²) in [6.07, 6.45) is 96.7. The second-order valence-corrected chi connectivity index (χ2v) is 26.7. The number of nitrogens with zero attached hydrogens (tertiary/aromatic N) is 1. The molecule has 3 atom stereocenters. The third-order valence-electron chi connectivity index (χ3n) is 15.7. The van der Waals surface area contributed by atoms with Gasteiger partial charge in [0.2, 0.25) is 5.91 Å². The summed E-state index contributed by atoms with van der Waals surface area (Å²) in [5, 5.41) is 14.0. The summed E-state index contributed by atoms with van der Waals surface area (Å²) in [6, 6.07) is -0.877. The molecule has 8 nitrogen and oxygen atoms in total. The number of carbonyl (C=O) groups excluding carboxylic acids is 1. The van der Waals surface area contributed by atoms with Gasteiger partial charge in [0.15, 0.2) is 0 Å². The molecular formula is C76H138N2O6P+. The number of nitrogens with one attached hydrogen (secondary N) is 1. The van der Waals surface area contributed by atoms with Crippen molar-refractivity contribution in [2.24, 2.45) is 0 Å². The monoisotopic (exact) mass is 1210 g/mol. The number of aliphatic hydroxyl groups is 1. The molecule has 0 fully saturated rings. The number of quaternary nitrogens is 1. The number of rotatable bonds is 65. The van der Waals surface area contributed by atoms with Crippen LogP contribution in [0.3, 0.4) is 0 Å². The second kappa shape index (κ2) is 65.6. The predicted molar refractivity (Wildman–Crippen MR) is 373 cm³/mol. The van der Waals surface area contributed by atoms with Gasteiger partial charge in [-0.05, 0) is 89.9 Å². The first-order valence-electron chi connectivity index (χ1n) is 35.8. The van der Waals surface area contributed by atoms with Gasteiger partial charge in [-0.1, -0.05) is 329 Å². The highest BCUT2D eigenvalue weighted by Gasteiger charge is 2.28. The number of hydrogen-bond donors (Lipinski definition) is 3. The molecule has 0 radical (unpaired) electrons. The maximum atomic E-state index is 13.1. The third kappa shape index (κ3) is 68.5. The van der Waals surface area contributed by atoms with Crippen molar-refractivity contribution in [3.63, 3.8) is 0 Å². The van der Waals surface area contributed by atoms with Crippen LogP contribution in [0.25, 0.3) is 0 Å². The number of phosphoric acid groups is 1. The number of carbonyl (C=O) groups is 1. The Morgan fingerprint density at radius 1 is 0.412 bits per heavy atom. The van der Waals surface area contributed by atoms with E-state index in [1.165, 1.54) is 205 Å². The van der Waals surface area contributed by atoms with Crippen LogP contribution in [0.4, 0.5) is 0 Å². The Kier molecular flexibility index (Phi) is 63.4. The van der Waals surface area contributed by atoms with Crippen LogP contribution in [0.5, 0.6) is 0 Å². The van der Waals surface area contributed by atoms with Crippen LogP contribution in [0.15, 0.2) is 109 Å². The molecule has 0 saturated heterocycles. The lowest BCUT2D eigenvalue weighted by Gasteiger charge is -2.25. The SMILES string of the molecule is CC/C=C\C/C=C\C/C=C\C/C=C\C/C=C\C/C=C\C/C=C\CCCCCCCCCCCC(=O)NC(COP(=O)(O)OCC[N+](C)(C)C)C(O)/C=C/CC/C=C/CCCCCCCCCCCCCCCCCCCCCCCCCCCC. The van der Waals surface area contributed by atoms with E-state index < -0.39 is 20.0 Å². The van der Waals surface area contributed by atoms with Gasteiger partial charge < -0.3 is 19.8 Å². The lowest BCUT2D eigenvalue weighted by Crippen LogP contribution is -2.45. The molecule has 0 rings (SSSR count). The van der Waals surface area contributed by atoms with Gasteiger partial charge in [0.1, 0.15) is 13.2 Å². The van der Waals surface area contributed by atoms with Gasteiger partial charge in [-0.3, -0.25) is 13.8 Å². The van der Waals surface area contributed by atoms with Gasteiger partial charge in [-0.2, -0.15) is 0 Å². The number of hydrogen-bond acceptors (Lipinski definition) is 5. The molecule has 0 aliphatic carbocycles. The summed E-state index contributed by atoms with van der Waals surface area (Å²) in [5.41, 5.74) is 0. The van der Waals surface area contributed by atoms with Gasteiger partial charge in [-0.15, -0.1) is 0 Å². The Balaban J connectivity index is 4.14. The van der Waals surface area contributed by atoms with E-state index >= 15 is 0 Å². The van der Waals surface area contributed by atoms with E-state index in [1.807, 2.05) is 27.2 Å². The first-order valence-corrected chi connectivity index (χ1v) is 37.3. The van der Waals surface area contributed by atoms with E-state index in [1.54, 1.807) is 6.08 Å². The first kappa shape index (κ1) is 82.2. The van der Waals surface area contributed by atoms with Crippen molar-refractivity contribution in [1.82, 2.24) is 5.32 Å². The smallest absolute Gasteiger partial charge is 0.387 e. The van der Waals surface area contributed by atoms with Crippen molar-refractivity contribution in [3.05, 3.63) is 109 Å². The summed E-state index contributed by atoms with van der Waals surface area (Å²) in [4.78, 5) is 23.4. The Bertz CT molecular complexity index is 1760. The number of aliphatic hydroxyl groups excluding tert-OH is 1. The van der Waals surface area contributed by atoms with Crippen molar-refractivity contribution in [3.8, 4) is 0 Å². The zero-order valence-electron chi connectivity index (χ0n) is 56.3. The van der Waals surface area contributed by atoms with E-state index in [4.69, 9.17) is 9.05 Å². The van der Waals surface area contributed by atoms with E-state index in [9.17, 15) is 19.4 Å². The molecule has 1 amide bonds. The standard InChI is InChI=1S/C76H137N2O6P/c1-6-8-10-12-14-16-18-20-22-24-26-28-30-32-34-36-38-40-41-43-45-47-49-51-53-55-57-59-61-63-65-67-69-75(79)74(73-84-85(81,82)83-72-71-78(3,4)5)77-76(80)70-68-66-64-62-60-58-56-54-52-50-48-46-44-42-39-37-35-33-31-29-27-25-23-21-19-17-15-13-11-9-7-2/h9,11,15,17,21,23,27,29,33,35,39,42,46,48,59,61,67,69,74-75,79H,6-8,10,12-14,16,18-20,22,24-26,28,30-32,34,36-38,40-41,43-45,47,49-58,60,62-66,68,70-73H2,1-5H3,(H-,77,80,81,82)/p+1/b11-9-,17-15-,23-21-,29-27-,35-33-,42-39-,48-46-,61-59+,69-67+. The third-order valence-corrected chi connectivity index (χ3v) is 16.7. The Labute approximate surface area is 527 Å². The van der Waals surface area contributed by atoms with Gasteiger partial charge in [0, 0.05) is 6.42 Å². The first-order chi connectivity index (χ1) is 41.5. The van der Waals surface area contributed by atoms with E-state index in [2.05, 4.69) is 116 Å². The van der Waals surface area contributed by atoms with Gasteiger partial charge in [0.05, 0.1) is 39.9 Å². The lowest BCUT2D eigenvalue weighted by atomic mass is 10.0. The fraction of sp³-hybridized carbons (Fsp3) is 0.750. The predicted octanol–water partition coefficient (Wildman–Crippen LogP) is 23.1. The summed E-state index contributed by atoms with van der Waals surface area (Å²) < 4.78 is 23.8. The molecule has 0 spiro atoms. The topological polar surface area (TPSA) is 105 Å². The fourth-order valence-electron chi connectivity index (χ4n) is 10.2. The number of phosphoric ester groups is 1. The zero-order chi connectivity index (χ0) is 61.9. The zero-order valence-corrected chi connectivity index (χ0v) is 57.2. The Hall–Kier alpha value is -2.84. The van der Waals surface area contributed by atoms with Crippen LogP contribution in [-0.4, -0.2) is 73.4 Å². The molecular weight excluding hydrogens is 1070 g/mol. The van der Waals surface area contributed by atoms with Gasteiger partial charge in [0.25, 0.3) is 0 Å². The molecule has 0 heterocycles. The quantitative estimate of drug-likeness (QED) is 0.0243. The molecule has 492 valence electrons. The molecule has 3 unspecified atom stereocenters. The maximum Gasteiger partial charge on any atom is 0.472 e. The number of unbranched alkanes of at least 4 members (excludes halogenated alkanes) is 36. The minimum Gasteiger partial charge on any atom is -0.387 e. The molecule has 0 aliphatic heterocycles. The highest BCUT2D eigenvalue weighted by Crippen LogP contribution is 2.43. The fourth-order valence-corrected chi connectivity index (χ4v) is 11.0. The van der Waals surface area contributed by atoms with Gasteiger partial charge >= 0.3 is 7.82 Å². The van der Waals surface area contributed by atoms with Crippen LogP contribution >= 0.6 is 7.82 Å². The molecule has 0 aliphatic rings. The molecule has 0 saturated carbocycles. The van der Waals surface area contributed by atoms with E-state index in [-0.39, 0.29) is 19.1 Å². The molecule has 3 N–H and O–H groups in total. The molecule has 0 bridgehead atoms. The highest BCUT2D eigenvalue weighted by molar-refractivity contribution is 7.47. The Morgan fingerprint density at radius 2 is 0.718 bits per heavy atom. The molecule has 0 aromatic heterocycles. The molecule has 85 heavy (non-hydrogen) atoms. The normalized spacial score (nSPS) is 14.3. The largest absolute Gasteiger partial charge is 0.472 e. The average Bonchev–Trinajstić information content (AvgIpc) is 3.49. The average molecular weight is 1210 g/mol. The van der Waals surface area contributed by atoms with Crippen molar-refractivity contribution in [1.29, 1.82) is 0 Å². The van der Waals surface area contributed by atoms with E-state index in [0.717, 1.165) is 89.9 Å². The molecule has 9 heteroatoms. The summed E-state index contributed by atoms with van der Waals surface area (Å²) in [5.74, 6) is -0.194. The number of amides is 1. The number of allylic oxidation sites excluding steroid dienone is 17. The van der Waals surface area contributed by atoms with Crippen LogP contribution in [-0.2, 0) is 18.4 Å². The maximum absolute atomic E-state index is 13.1. The highest BCUT2D eigenvalue weighted by atomic mass is 31.2. The van der Waals surface area contributed by atoms with Crippen molar-refractivity contribution < 1.29 is 32.9 Å². The number of likely N-dealkylation sites (N-methyl/N-ethyl adjacent to an activating group) is 1. The summed E-state index contributed by atoms with van der Waals surface area (Å²) >= 11 is 0. The minimum absolute atomic E-state index is 0.0500. The summed E-state index contributed by atoms with van der Waals surface area (Å²) in [7, 11) is 1.54. The van der Waals surface area contributed by atoms with Crippen molar-refractivity contribution >= 4 is 13.7 Å².